The van der Waals surface area contributed by atoms with Gasteiger partial charge in [-0.15, -0.1) is 0 Å². The molecule has 2 saturated heterocycles. The molecule has 2 aliphatic heterocycles. The summed E-state index contributed by atoms with van der Waals surface area (Å²) in [6.07, 6.45) is 4.81. The van der Waals surface area contributed by atoms with Crippen molar-refractivity contribution < 1.29 is 4.79 Å². The molecule has 4 nitrogen and oxygen atoms in total. The first-order valence-corrected chi connectivity index (χ1v) is 7.18. The molecular weight excluding hydrogens is 237 g/mol. The maximum absolute atomic E-state index is 12.0. The van der Waals surface area contributed by atoms with E-state index >= 15 is 0 Å². The molecule has 0 N–H and O–H groups in total. The van der Waals surface area contributed by atoms with E-state index in [2.05, 4.69) is 34.8 Å². The molecule has 2 bridgehead atoms. The molecule has 2 aliphatic rings. The maximum Gasteiger partial charge on any atom is 0.222 e. The number of carbonyl (C=O) groups excluding carboxylic acids is 1. The summed E-state index contributed by atoms with van der Waals surface area (Å²) in [6, 6.07) is 4.96. The van der Waals surface area contributed by atoms with E-state index in [0.717, 1.165) is 31.7 Å². The van der Waals surface area contributed by atoms with Crippen molar-refractivity contribution in [2.45, 2.75) is 38.3 Å². The first-order chi connectivity index (χ1) is 9.19. The van der Waals surface area contributed by atoms with Gasteiger partial charge in [0.15, 0.2) is 0 Å². The number of pyridine rings is 1. The van der Waals surface area contributed by atoms with Gasteiger partial charge in [-0.1, -0.05) is 18.5 Å². The Balaban J connectivity index is 1.77. The van der Waals surface area contributed by atoms with E-state index in [9.17, 15) is 4.79 Å². The van der Waals surface area contributed by atoms with Crippen LogP contribution in [-0.2, 0) is 4.79 Å². The van der Waals surface area contributed by atoms with E-state index in [1.807, 2.05) is 13.1 Å². The Morgan fingerprint density at radius 1 is 1.37 bits per heavy atom. The van der Waals surface area contributed by atoms with Gasteiger partial charge in [0, 0.05) is 37.8 Å². The minimum absolute atomic E-state index is 0.309. The third kappa shape index (κ3) is 2.22. The summed E-state index contributed by atoms with van der Waals surface area (Å²) in [7, 11) is 2.05. The number of nitrogens with zero attached hydrogens (tertiary/aromatic N) is 3. The van der Waals surface area contributed by atoms with E-state index in [4.69, 9.17) is 0 Å². The highest BCUT2D eigenvalue weighted by Crippen LogP contribution is 2.32. The average Bonchev–Trinajstić information content (AvgIpc) is 2.69. The fourth-order valence-corrected chi connectivity index (χ4v) is 3.33. The van der Waals surface area contributed by atoms with Crippen LogP contribution < -0.4 is 10.4 Å². The van der Waals surface area contributed by atoms with Gasteiger partial charge >= 0.3 is 0 Å². The Labute approximate surface area is 115 Å². The molecule has 5 heteroatoms. The molecule has 3 rings (SSSR count). The third-order valence-electron chi connectivity index (χ3n) is 4.29. The first-order valence-electron chi connectivity index (χ1n) is 7.18. The molecule has 1 amide bonds. The average molecular weight is 257 g/mol. The molecule has 3 heterocycles. The van der Waals surface area contributed by atoms with E-state index in [1.165, 1.54) is 5.46 Å². The van der Waals surface area contributed by atoms with E-state index in [0.29, 0.717) is 24.4 Å². The summed E-state index contributed by atoms with van der Waals surface area (Å²) >= 11 is 0. The summed E-state index contributed by atoms with van der Waals surface area (Å²) < 4.78 is 0. The number of piperazine rings is 1. The van der Waals surface area contributed by atoms with Crippen LogP contribution in [-0.4, -0.2) is 48.8 Å². The number of hydrogen-bond donors (Lipinski definition) is 0. The molecule has 0 unspecified atom stereocenters. The fourth-order valence-electron chi connectivity index (χ4n) is 3.33. The lowest BCUT2D eigenvalue weighted by Gasteiger charge is -2.41. The summed E-state index contributed by atoms with van der Waals surface area (Å²) in [5, 5.41) is 0. The van der Waals surface area contributed by atoms with Crippen molar-refractivity contribution in [2.24, 2.45) is 0 Å². The van der Waals surface area contributed by atoms with Crippen LogP contribution >= 0.6 is 0 Å². The summed E-state index contributed by atoms with van der Waals surface area (Å²) in [5.74, 6) is 1.36. The van der Waals surface area contributed by atoms with E-state index in [-0.39, 0.29) is 0 Å². The van der Waals surface area contributed by atoms with Gasteiger partial charge in [0.05, 0.1) is 0 Å². The van der Waals surface area contributed by atoms with Crippen molar-refractivity contribution in [2.75, 3.05) is 18.0 Å². The minimum atomic E-state index is 0.309. The highest BCUT2D eigenvalue weighted by Gasteiger charge is 2.42. The van der Waals surface area contributed by atoms with Crippen LogP contribution in [0.2, 0.25) is 0 Å². The molecule has 0 spiro atoms. The lowest BCUT2D eigenvalue weighted by atomic mass is 9.99. The number of anilines is 1. The molecule has 0 radical (unpaired) electrons. The normalized spacial score (nSPS) is 25.7. The number of aromatic nitrogens is 1. The second-order valence-electron chi connectivity index (χ2n) is 5.64. The van der Waals surface area contributed by atoms with Crippen molar-refractivity contribution in [1.82, 2.24) is 9.88 Å². The van der Waals surface area contributed by atoms with Gasteiger partial charge < -0.3 is 9.80 Å². The molecule has 2 atom stereocenters. The standard InChI is InChI=1S/C14H20BN3O/c1-2-14(19)18-11-4-5-12(18)9-17(8-11)13-6-3-10(15)7-16-13/h3,6-7,11-12H,2,4-5,8-9,15H2,1H3/t11-,12+. The topological polar surface area (TPSA) is 36.4 Å². The number of hydrogen-bond acceptors (Lipinski definition) is 3. The lowest BCUT2D eigenvalue weighted by Crippen LogP contribution is -2.56. The summed E-state index contributed by atoms with van der Waals surface area (Å²) in [6.45, 7) is 3.81. The Hall–Kier alpha value is -1.52. The third-order valence-corrected chi connectivity index (χ3v) is 4.29. The van der Waals surface area contributed by atoms with Crippen LogP contribution in [0.1, 0.15) is 26.2 Å². The van der Waals surface area contributed by atoms with Crippen molar-refractivity contribution >= 4 is 25.0 Å². The minimum Gasteiger partial charge on any atom is -0.352 e. The van der Waals surface area contributed by atoms with Crippen LogP contribution in [0.5, 0.6) is 0 Å². The number of amides is 1. The van der Waals surface area contributed by atoms with Crippen LogP contribution in [0.15, 0.2) is 18.3 Å². The molecule has 1 aromatic rings. The predicted molar refractivity (Wildman–Crippen MR) is 78.6 cm³/mol. The van der Waals surface area contributed by atoms with Crippen molar-refractivity contribution in [3.8, 4) is 0 Å². The Morgan fingerprint density at radius 3 is 2.58 bits per heavy atom. The quantitative estimate of drug-likeness (QED) is 0.696. The van der Waals surface area contributed by atoms with Gasteiger partial charge in [-0.3, -0.25) is 4.79 Å². The molecule has 0 saturated carbocycles. The molecule has 19 heavy (non-hydrogen) atoms. The summed E-state index contributed by atoms with van der Waals surface area (Å²) in [4.78, 5) is 21.0. The molecular formula is C14H20BN3O. The predicted octanol–water partition coefficient (Wildman–Crippen LogP) is -0.0704. The Kier molecular flexibility index (Phi) is 3.21. The highest BCUT2D eigenvalue weighted by atomic mass is 16.2. The smallest absolute Gasteiger partial charge is 0.222 e. The largest absolute Gasteiger partial charge is 0.352 e. The lowest BCUT2D eigenvalue weighted by molar-refractivity contribution is -0.134. The van der Waals surface area contributed by atoms with Crippen LogP contribution in [0.25, 0.3) is 0 Å². The van der Waals surface area contributed by atoms with Gasteiger partial charge in [-0.05, 0) is 18.9 Å². The van der Waals surface area contributed by atoms with Crippen LogP contribution in [0, 0.1) is 0 Å². The van der Waals surface area contributed by atoms with Crippen molar-refractivity contribution in [3.63, 3.8) is 0 Å². The zero-order valence-electron chi connectivity index (χ0n) is 11.7. The van der Waals surface area contributed by atoms with Crippen LogP contribution in [0.4, 0.5) is 5.82 Å². The molecule has 0 aromatic carbocycles. The van der Waals surface area contributed by atoms with Gasteiger partial charge in [0.2, 0.25) is 5.91 Å². The number of fused-ring (bicyclic) bond motifs is 2. The molecule has 0 aliphatic carbocycles. The highest BCUT2D eigenvalue weighted by molar-refractivity contribution is 6.32. The zero-order valence-corrected chi connectivity index (χ0v) is 11.7. The second kappa shape index (κ2) is 4.87. The molecule has 1 aromatic heterocycles. The monoisotopic (exact) mass is 257 g/mol. The number of rotatable bonds is 2. The summed E-state index contributed by atoms with van der Waals surface area (Å²) in [5.41, 5.74) is 1.19. The molecule has 100 valence electrons. The van der Waals surface area contributed by atoms with Gasteiger partial charge in [-0.2, -0.15) is 0 Å². The molecule has 2 fully saturated rings. The van der Waals surface area contributed by atoms with Gasteiger partial charge in [-0.25, -0.2) is 4.98 Å². The Bertz CT molecular complexity index is 462. The Morgan fingerprint density at radius 2 is 2.05 bits per heavy atom. The maximum atomic E-state index is 12.0. The fraction of sp³-hybridized carbons (Fsp3) is 0.571. The van der Waals surface area contributed by atoms with E-state index < -0.39 is 0 Å². The van der Waals surface area contributed by atoms with Gasteiger partial charge in [0.1, 0.15) is 13.7 Å². The van der Waals surface area contributed by atoms with Gasteiger partial charge in [0.25, 0.3) is 0 Å². The first kappa shape index (κ1) is 12.5. The zero-order chi connectivity index (χ0) is 13.4. The van der Waals surface area contributed by atoms with E-state index in [1.54, 1.807) is 0 Å². The SMILES string of the molecule is Bc1ccc(N2C[C@H]3CC[C@@H](C2)N3C(=O)CC)nc1. The van der Waals surface area contributed by atoms with Crippen LogP contribution in [0.3, 0.4) is 0 Å². The second-order valence-corrected chi connectivity index (χ2v) is 5.64. The van der Waals surface area contributed by atoms with Crippen molar-refractivity contribution in [1.29, 1.82) is 0 Å². The number of carbonyl (C=O) groups is 1. The van der Waals surface area contributed by atoms with Crippen molar-refractivity contribution in [3.05, 3.63) is 18.3 Å².